The number of benzene rings is 1. The lowest BCUT2D eigenvalue weighted by atomic mass is 9.78. The van der Waals surface area contributed by atoms with Crippen LogP contribution < -0.4 is 20.7 Å². The van der Waals surface area contributed by atoms with E-state index in [2.05, 4.69) is 15.3 Å². The van der Waals surface area contributed by atoms with E-state index in [1.54, 1.807) is 32.4 Å². The molecule has 2 amide bonds. The van der Waals surface area contributed by atoms with Gasteiger partial charge in [-0.1, -0.05) is 0 Å². The Bertz CT molecular complexity index is 1390. The smallest absolute Gasteiger partial charge is 0.413 e. The number of carbonyl (C=O) groups excluding carboxylic acids is 1. The molecule has 11 heteroatoms. The molecule has 0 atom stereocenters. The summed E-state index contributed by atoms with van der Waals surface area (Å²) in [6.45, 7) is 2.96. The summed E-state index contributed by atoms with van der Waals surface area (Å²) in [6, 6.07) is 2.84. The SMILES string of the molecule is Cc1c(-c2cc3cc(N(C(=O)O)[C@H]4C[C@@H](C(=O)N(C)C)C4)ncc3c(N)c2F)cnc2c1NCCO2. The first-order valence-corrected chi connectivity index (χ1v) is 11.6. The topological polar surface area (TPSA) is 134 Å². The van der Waals surface area contributed by atoms with Crippen LogP contribution in [-0.4, -0.2) is 65.3 Å². The number of nitrogens with two attached hydrogens (primary N) is 1. The van der Waals surface area contributed by atoms with Crippen LogP contribution in [0.15, 0.2) is 24.5 Å². The Morgan fingerprint density at radius 1 is 1.19 bits per heavy atom. The van der Waals surface area contributed by atoms with Gasteiger partial charge < -0.3 is 25.8 Å². The van der Waals surface area contributed by atoms with Crippen LogP contribution in [-0.2, 0) is 4.79 Å². The van der Waals surface area contributed by atoms with Crippen LogP contribution >= 0.6 is 0 Å². The zero-order chi connectivity index (χ0) is 25.7. The number of hydrogen-bond donors (Lipinski definition) is 3. The summed E-state index contributed by atoms with van der Waals surface area (Å²) in [5, 5.41) is 14.1. The molecule has 188 valence electrons. The Morgan fingerprint density at radius 3 is 2.64 bits per heavy atom. The van der Waals surface area contributed by atoms with Crippen LogP contribution in [0.3, 0.4) is 0 Å². The van der Waals surface area contributed by atoms with E-state index in [-0.39, 0.29) is 34.9 Å². The summed E-state index contributed by atoms with van der Waals surface area (Å²) >= 11 is 0. The normalized spacial score (nSPS) is 18.4. The summed E-state index contributed by atoms with van der Waals surface area (Å²) in [6.07, 6.45) is 2.59. The predicted octanol–water partition coefficient (Wildman–Crippen LogP) is 3.48. The third-order valence-electron chi connectivity index (χ3n) is 6.94. The molecule has 3 aromatic rings. The number of fused-ring (bicyclic) bond motifs is 2. The van der Waals surface area contributed by atoms with Gasteiger partial charge in [0.25, 0.3) is 0 Å². The number of nitrogen functional groups attached to an aromatic ring is 1. The van der Waals surface area contributed by atoms with Gasteiger partial charge in [-0.3, -0.25) is 9.69 Å². The number of ether oxygens (including phenoxy) is 1. The summed E-state index contributed by atoms with van der Waals surface area (Å²) in [7, 11) is 3.36. The van der Waals surface area contributed by atoms with E-state index in [1.165, 1.54) is 16.0 Å². The van der Waals surface area contributed by atoms with E-state index < -0.39 is 11.9 Å². The van der Waals surface area contributed by atoms with Gasteiger partial charge in [-0.25, -0.2) is 19.2 Å². The average molecular weight is 495 g/mol. The van der Waals surface area contributed by atoms with Crippen molar-refractivity contribution in [3.05, 3.63) is 35.9 Å². The number of aromatic nitrogens is 2. The summed E-state index contributed by atoms with van der Waals surface area (Å²) in [4.78, 5) is 35.7. The molecule has 1 fully saturated rings. The fraction of sp³-hybridized carbons (Fsp3) is 0.360. The summed E-state index contributed by atoms with van der Waals surface area (Å²) in [5.74, 6) is -0.182. The minimum absolute atomic E-state index is 0.0233. The van der Waals surface area contributed by atoms with Crippen LogP contribution in [0.2, 0.25) is 0 Å². The molecular formula is C25H27FN6O4. The van der Waals surface area contributed by atoms with E-state index >= 15 is 4.39 Å². The van der Waals surface area contributed by atoms with Crippen molar-refractivity contribution in [3.8, 4) is 17.0 Å². The lowest BCUT2D eigenvalue weighted by Gasteiger charge is -2.41. The van der Waals surface area contributed by atoms with E-state index in [0.29, 0.717) is 53.9 Å². The van der Waals surface area contributed by atoms with Crippen molar-refractivity contribution >= 4 is 40.0 Å². The molecule has 2 aliphatic rings. The molecule has 1 aliphatic heterocycles. The number of pyridine rings is 2. The third kappa shape index (κ3) is 3.80. The van der Waals surface area contributed by atoms with Crippen LogP contribution in [0.5, 0.6) is 5.88 Å². The molecule has 1 saturated carbocycles. The third-order valence-corrected chi connectivity index (χ3v) is 6.94. The number of halogens is 1. The summed E-state index contributed by atoms with van der Waals surface area (Å²) in [5.41, 5.74) is 8.35. The van der Waals surface area contributed by atoms with E-state index in [0.717, 1.165) is 5.56 Å². The molecule has 3 heterocycles. The molecule has 10 nitrogen and oxygen atoms in total. The lowest BCUT2D eigenvalue weighted by molar-refractivity contribution is -0.136. The first kappa shape index (κ1) is 23.6. The molecule has 4 N–H and O–H groups in total. The molecule has 0 unspecified atom stereocenters. The van der Waals surface area contributed by atoms with Crippen molar-refractivity contribution in [1.82, 2.24) is 14.9 Å². The molecule has 0 spiro atoms. The van der Waals surface area contributed by atoms with Crippen molar-refractivity contribution < 1.29 is 23.8 Å². The van der Waals surface area contributed by atoms with Crippen LogP contribution in [0.1, 0.15) is 18.4 Å². The van der Waals surface area contributed by atoms with Crippen molar-refractivity contribution in [2.24, 2.45) is 5.92 Å². The monoisotopic (exact) mass is 494 g/mol. The highest BCUT2D eigenvalue weighted by Gasteiger charge is 2.41. The number of carbonyl (C=O) groups is 2. The van der Waals surface area contributed by atoms with E-state index in [4.69, 9.17) is 10.5 Å². The largest absolute Gasteiger partial charge is 0.474 e. The Balaban J connectivity index is 1.54. The zero-order valence-corrected chi connectivity index (χ0v) is 20.2. The van der Waals surface area contributed by atoms with Gasteiger partial charge in [-0.05, 0) is 42.8 Å². The molecule has 5 rings (SSSR count). The zero-order valence-electron chi connectivity index (χ0n) is 20.2. The van der Waals surface area contributed by atoms with Crippen LogP contribution in [0.25, 0.3) is 21.9 Å². The quantitative estimate of drug-likeness (QED) is 0.470. The average Bonchev–Trinajstić information content (AvgIpc) is 2.83. The number of anilines is 3. The number of carboxylic acid groups (broad SMARTS) is 1. The summed E-state index contributed by atoms with van der Waals surface area (Å²) < 4.78 is 21.0. The van der Waals surface area contributed by atoms with E-state index in [9.17, 15) is 14.7 Å². The molecule has 1 aromatic carbocycles. The predicted molar refractivity (Wildman–Crippen MR) is 134 cm³/mol. The maximum Gasteiger partial charge on any atom is 0.413 e. The first-order chi connectivity index (χ1) is 17.2. The first-order valence-electron chi connectivity index (χ1n) is 11.6. The minimum atomic E-state index is -1.17. The fourth-order valence-electron chi connectivity index (χ4n) is 4.91. The maximum atomic E-state index is 15.4. The number of rotatable bonds is 4. The second kappa shape index (κ2) is 8.81. The molecule has 36 heavy (non-hydrogen) atoms. The van der Waals surface area contributed by atoms with Crippen LogP contribution in [0, 0.1) is 18.7 Å². The van der Waals surface area contributed by atoms with Crippen LogP contribution in [0.4, 0.5) is 26.4 Å². The maximum absolute atomic E-state index is 15.4. The lowest BCUT2D eigenvalue weighted by Crippen LogP contribution is -2.51. The van der Waals surface area contributed by atoms with E-state index in [1.807, 2.05) is 6.92 Å². The highest BCUT2D eigenvalue weighted by Crippen LogP contribution is 2.41. The van der Waals surface area contributed by atoms with Gasteiger partial charge in [0.2, 0.25) is 11.8 Å². The second-order valence-electron chi connectivity index (χ2n) is 9.38. The number of nitrogens with one attached hydrogen (secondary N) is 1. The minimum Gasteiger partial charge on any atom is -0.474 e. The highest BCUT2D eigenvalue weighted by molar-refractivity contribution is 6.00. The van der Waals surface area contributed by atoms with Gasteiger partial charge in [0, 0.05) is 61.5 Å². The Labute approximate surface area is 206 Å². The van der Waals surface area contributed by atoms with Crippen molar-refractivity contribution in [2.75, 3.05) is 43.2 Å². The Morgan fingerprint density at radius 2 is 1.94 bits per heavy atom. The molecule has 0 saturated heterocycles. The number of amides is 2. The molecule has 1 aliphatic carbocycles. The van der Waals surface area contributed by atoms with Gasteiger partial charge in [-0.15, -0.1) is 0 Å². The Kier molecular flexibility index (Phi) is 5.77. The Hall–Kier alpha value is -4.15. The van der Waals surface area contributed by atoms with Gasteiger partial charge in [-0.2, -0.15) is 0 Å². The molecule has 2 aromatic heterocycles. The highest BCUT2D eigenvalue weighted by atomic mass is 19.1. The number of hydrogen-bond acceptors (Lipinski definition) is 7. The molecule has 0 radical (unpaired) electrons. The second-order valence-corrected chi connectivity index (χ2v) is 9.38. The van der Waals surface area contributed by atoms with Gasteiger partial charge >= 0.3 is 6.09 Å². The molecule has 0 bridgehead atoms. The van der Waals surface area contributed by atoms with Gasteiger partial charge in [0.05, 0.1) is 5.69 Å². The van der Waals surface area contributed by atoms with Gasteiger partial charge in [0.15, 0.2) is 5.82 Å². The standard InChI is InChI=1S/C25H27FN6O4/c1-12-17(10-30-23-22(12)28-4-5-36-23)16-8-13-9-19(29-11-18(13)21(27)20(16)26)32(25(34)35)15-6-14(7-15)24(33)31(2)3/h8-11,14-15,28H,4-7,27H2,1-3H3,(H,34,35)/t14-,15+. The van der Waals surface area contributed by atoms with Crippen molar-refractivity contribution in [2.45, 2.75) is 25.8 Å². The fourth-order valence-corrected chi connectivity index (χ4v) is 4.91. The number of nitrogens with zero attached hydrogens (tertiary/aromatic N) is 4. The van der Waals surface area contributed by atoms with Crippen molar-refractivity contribution in [3.63, 3.8) is 0 Å². The van der Waals surface area contributed by atoms with Gasteiger partial charge in [0.1, 0.15) is 18.1 Å². The molecular weight excluding hydrogens is 467 g/mol. The van der Waals surface area contributed by atoms with Crippen molar-refractivity contribution in [1.29, 1.82) is 0 Å².